The van der Waals surface area contributed by atoms with Gasteiger partial charge in [-0.3, -0.25) is 4.57 Å². The molecule has 222 valence electrons. The number of benzene rings is 7. The van der Waals surface area contributed by atoms with Crippen molar-refractivity contribution in [3.63, 3.8) is 0 Å². The molecule has 0 aliphatic carbocycles. The largest absolute Gasteiger partial charge is 0.293 e. The predicted molar refractivity (Wildman–Crippen MR) is 202 cm³/mol. The zero-order chi connectivity index (χ0) is 31.8. The maximum atomic E-state index is 10.6. The van der Waals surface area contributed by atoms with Crippen molar-refractivity contribution in [1.82, 2.24) is 9.55 Å². The lowest BCUT2D eigenvalue weighted by molar-refractivity contribution is 1.10. The minimum absolute atomic E-state index is 0.633. The summed E-state index contributed by atoms with van der Waals surface area (Å²) in [5, 5.41) is 18.9. The first-order valence-corrected chi connectivity index (χ1v) is 16.8. The van der Waals surface area contributed by atoms with E-state index in [9.17, 15) is 5.26 Å². The van der Waals surface area contributed by atoms with Crippen LogP contribution in [0, 0.1) is 11.3 Å². The van der Waals surface area contributed by atoms with Crippen LogP contribution in [0.15, 0.2) is 152 Å². The Labute approximate surface area is 280 Å². The highest BCUT2D eigenvalue weighted by atomic mass is 32.1. The summed E-state index contributed by atoms with van der Waals surface area (Å²) in [5.74, 6) is 0.758. The topological polar surface area (TPSA) is 41.6 Å². The zero-order valence-corrected chi connectivity index (χ0v) is 26.5. The number of para-hydroxylation sites is 2. The van der Waals surface area contributed by atoms with Crippen molar-refractivity contribution in [1.29, 1.82) is 5.26 Å². The standard InChI is InChI=1S/C44H25N3S/c45-26-36-32-14-6-8-16-37(32)46-44(42(36)28-11-2-1-3-12-28)47-38-17-9-7-15-33(38)34-24-29(18-21-39(34)47)30-20-22-40-35(25-30)43-31-13-5-4-10-27(31)19-23-41(43)48-40/h1-25H. The number of rotatable bonds is 3. The summed E-state index contributed by atoms with van der Waals surface area (Å²) in [6.45, 7) is 0. The summed E-state index contributed by atoms with van der Waals surface area (Å²) in [6.07, 6.45) is 0. The molecule has 0 atom stereocenters. The van der Waals surface area contributed by atoms with Gasteiger partial charge >= 0.3 is 0 Å². The van der Waals surface area contributed by atoms with E-state index in [4.69, 9.17) is 4.98 Å². The number of pyridine rings is 1. The van der Waals surface area contributed by atoms with Crippen LogP contribution in [-0.4, -0.2) is 9.55 Å². The summed E-state index contributed by atoms with van der Waals surface area (Å²) in [5.41, 5.74) is 7.70. The Hall–Kier alpha value is -6.28. The van der Waals surface area contributed by atoms with Crippen LogP contribution < -0.4 is 0 Å². The van der Waals surface area contributed by atoms with E-state index in [0.29, 0.717) is 5.56 Å². The average molecular weight is 628 g/mol. The van der Waals surface area contributed by atoms with E-state index in [1.54, 1.807) is 0 Å². The molecule has 0 aliphatic rings. The number of aromatic nitrogens is 2. The highest BCUT2D eigenvalue weighted by Gasteiger charge is 2.22. The van der Waals surface area contributed by atoms with Crippen LogP contribution in [0.4, 0.5) is 0 Å². The SMILES string of the molecule is N#Cc1c(-c2ccccc2)c(-n2c3ccccc3c3cc(-c4ccc5sc6ccc7ccccc7c6c5c4)ccc32)nc2ccccc12. The van der Waals surface area contributed by atoms with E-state index < -0.39 is 0 Å². The number of hydrogen-bond acceptors (Lipinski definition) is 3. The fourth-order valence-electron chi connectivity index (χ4n) is 7.46. The molecule has 0 bridgehead atoms. The van der Waals surface area contributed by atoms with Gasteiger partial charge in [-0.2, -0.15) is 5.26 Å². The molecule has 0 radical (unpaired) electrons. The van der Waals surface area contributed by atoms with Crippen molar-refractivity contribution < 1.29 is 0 Å². The lowest BCUT2D eigenvalue weighted by Crippen LogP contribution is -2.04. The summed E-state index contributed by atoms with van der Waals surface area (Å²) < 4.78 is 4.85. The molecule has 0 N–H and O–H groups in total. The molecule has 10 aromatic rings. The summed E-state index contributed by atoms with van der Waals surface area (Å²) in [7, 11) is 0. The van der Waals surface area contributed by atoms with Gasteiger partial charge in [-0.1, -0.05) is 109 Å². The van der Waals surface area contributed by atoms with Crippen molar-refractivity contribution in [3.05, 3.63) is 157 Å². The lowest BCUT2D eigenvalue weighted by Gasteiger charge is -2.16. The van der Waals surface area contributed by atoms with Gasteiger partial charge in [0, 0.05) is 41.9 Å². The average Bonchev–Trinajstić information content (AvgIpc) is 3.69. The number of nitrogens with zero attached hydrogens (tertiary/aromatic N) is 3. The predicted octanol–water partition coefficient (Wildman–Crippen LogP) is 12.1. The maximum absolute atomic E-state index is 10.6. The second-order valence-corrected chi connectivity index (χ2v) is 13.3. The molecule has 3 aromatic heterocycles. The van der Waals surface area contributed by atoms with Crippen molar-refractivity contribution >= 4 is 75.0 Å². The minimum Gasteiger partial charge on any atom is -0.293 e. The molecule has 3 heterocycles. The molecule has 48 heavy (non-hydrogen) atoms. The molecule has 0 fully saturated rings. The van der Waals surface area contributed by atoms with Gasteiger partial charge in [0.1, 0.15) is 11.9 Å². The first kappa shape index (κ1) is 26.9. The molecule has 10 rings (SSSR count). The van der Waals surface area contributed by atoms with Crippen molar-refractivity contribution in [2.24, 2.45) is 0 Å². The third-order valence-electron chi connectivity index (χ3n) is 9.62. The Morgan fingerprint density at radius 3 is 2.04 bits per heavy atom. The van der Waals surface area contributed by atoms with Crippen LogP contribution in [0.5, 0.6) is 0 Å². The number of nitriles is 1. The molecule has 0 saturated carbocycles. The summed E-state index contributed by atoms with van der Waals surface area (Å²) >= 11 is 1.86. The molecule has 3 nitrogen and oxygen atoms in total. The van der Waals surface area contributed by atoms with E-state index >= 15 is 0 Å². The molecule has 0 amide bonds. The zero-order valence-electron chi connectivity index (χ0n) is 25.7. The number of fused-ring (bicyclic) bond motifs is 9. The number of hydrogen-bond donors (Lipinski definition) is 0. The molecule has 0 spiro atoms. The van der Waals surface area contributed by atoms with Crippen LogP contribution in [-0.2, 0) is 0 Å². The second-order valence-electron chi connectivity index (χ2n) is 12.2. The highest BCUT2D eigenvalue weighted by Crippen LogP contribution is 2.43. The lowest BCUT2D eigenvalue weighted by atomic mass is 9.97. The molecule has 4 heteroatoms. The summed E-state index contributed by atoms with van der Waals surface area (Å²) in [6, 6.07) is 56.0. The molecule has 0 unspecified atom stereocenters. The Balaban J connectivity index is 1.25. The van der Waals surface area contributed by atoms with Gasteiger partial charge in [0.25, 0.3) is 0 Å². The molecular formula is C44H25N3S. The van der Waals surface area contributed by atoms with Crippen molar-refractivity contribution in [2.45, 2.75) is 0 Å². The minimum atomic E-state index is 0.633. The van der Waals surface area contributed by atoms with Gasteiger partial charge in [0.15, 0.2) is 0 Å². The van der Waals surface area contributed by atoms with Gasteiger partial charge < -0.3 is 0 Å². The van der Waals surface area contributed by atoms with Gasteiger partial charge in [-0.15, -0.1) is 11.3 Å². The van der Waals surface area contributed by atoms with E-state index in [2.05, 4.69) is 120 Å². The van der Waals surface area contributed by atoms with E-state index in [1.165, 1.54) is 42.1 Å². The van der Waals surface area contributed by atoms with Gasteiger partial charge in [0.05, 0.1) is 22.1 Å². The monoisotopic (exact) mass is 627 g/mol. The van der Waals surface area contributed by atoms with Crippen LogP contribution in [0.25, 0.3) is 91.7 Å². The second kappa shape index (κ2) is 10.4. The molecule has 0 saturated heterocycles. The third-order valence-corrected chi connectivity index (χ3v) is 10.8. The summed E-state index contributed by atoms with van der Waals surface area (Å²) in [4.78, 5) is 5.28. The van der Waals surface area contributed by atoms with E-state index in [0.717, 1.165) is 49.7 Å². The van der Waals surface area contributed by atoms with Crippen LogP contribution in [0.1, 0.15) is 5.56 Å². The Bertz CT molecular complexity index is 2960. The maximum Gasteiger partial charge on any atom is 0.147 e. The van der Waals surface area contributed by atoms with E-state index in [-0.39, 0.29) is 0 Å². The van der Waals surface area contributed by atoms with Crippen LogP contribution >= 0.6 is 11.3 Å². The molecule has 7 aromatic carbocycles. The fourth-order valence-corrected chi connectivity index (χ4v) is 8.56. The smallest absolute Gasteiger partial charge is 0.147 e. The molecule has 0 aliphatic heterocycles. The quantitative estimate of drug-likeness (QED) is 0.196. The van der Waals surface area contributed by atoms with Crippen molar-refractivity contribution in [2.75, 3.05) is 0 Å². The molecular weight excluding hydrogens is 603 g/mol. The van der Waals surface area contributed by atoms with E-state index in [1.807, 2.05) is 53.8 Å². The Kier molecular flexibility index (Phi) is 5.81. The normalized spacial score (nSPS) is 11.7. The van der Waals surface area contributed by atoms with Gasteiger partial charge in [-0.05, 0) is 69.9 Å². The van der Waals surface area contributed by atoms with Crippen molar-refractivity contribution in [3.8, 4) is 34.1 Å². The fraction of sp³-hybridized carbons (Fsp3) is 0. The first-order valence-electron chi connectivity index (χ1n) is 16.0. The Morgan fingerprint density at radius 1 is 0.521 bits per heavy atom. The third kappa shape index (κ3) is 3.89. The van der Waals surface area contributed by atoms with Gasteiger partial charge in [-0.25, -0.2) is 4.98 Å². The number of thiophene rings is 1. The highest BCUT2D eigenvalue weighted by molar-refractivity contribution is 7.26. The Morgan fingerprint density at radius 2 is 1.19 bits per heavy atom. The van der Waals surface area contributed by atoms with Crippen LogP contribution in [0.3, 0.4) is 0 Å². The van der Waals surface area contributed by atoms with Crippen LogP contribution in [0.2, 0.25) is 0 Å². The first-order chi connectivity index (χ1) is 23.8. The van der Waals surface area contributed by atoms with Gasteiger partial charge in [0.2, 0.25) is 0 Å².